The van der Waals surface area contributed by atoms with Crippen molar-refractivity contribution in [2.45, 2.75) is 19.4 Å². The van der Waals surface area contributed by atoms with Crippen LogP contribution in [0.5, 0.6) is 0 Å². The normalized spacial score (nSPS) is 12.6. The van der Waals surface area contributed by atoms with E-state index >= 15 is 0 Å². The lowest BCUT2D eigenvalue weighted by Crippen LogP contribution is -2.20. The first-order chi connectivity index (χ1) is 12.2. The lowest BCUT2D eigenvalue weighted by Gasteiger charge is -2.19. The summed E-state index contributed by atoms with van der Waals surface area (Å²) in [7, 11) is 1.57. The monoisotopic (exact) mass is 348 g/mol. The second kappa shape index (κ2) is 13.2. The summed E-state index contributed by atoms with van der Waals surface area (Å²) in [5, 5.41) is 0. The number of ether oxygens (including phenoxy) is 4. The van der Waals surface area contributed by atoms with Crippen molar-refractivity contribution in [1.29, 1.82) is 0 Å². The molecule has 0 aliphatic rings. The number of hydrogen-bond donors (Lipinski definition) is 0. The molecule has 0 spiro atoms. The summed E-state index contributed by atoms with van der Waals surface area (Å²) in [6, 6.07) is 9.17. The first-order valence-electron chi connectivity index (χ1n) is 8.11. The molecular weight excluding hydrogens is 323 g/mol. The minimum absolute atomic E-state index is 0.0326. The summed E-state index contributed by atoms with van der Waals surface area (Å²) in [5.41, 5.74) is 0.716. The van der Waals surface area contributed by atoms with E-state index in [1.807, 2.05) is 25.1 Å². The summed E-state index contributed by atoms with van der Waals surface area (Å²) in [6.45, 7) is 6.45. The van der Waals surface area contributed by atoms with E-state index in [0.717, 1.165) is 0 Å². The lowest BCUT2D eigenvalue weighted by atomic mass is 10.2. The molecule has 0 heterocycles. The number of benzene rings is 1. The van der Waals surface area contributed by atoms with Crippen molar-refractivity contribution in [3.8, 4) is 11.8 Å². The maximum atomic E-state index is 14.6. The Balaban J connectivity index is 2.89. The van der Waals surface area contributed by atoms with Crippen molar-refractivity contribution < 1.29 is 23.3 Å². The highest BCUT2D eigenvalue weighted by Crippen LogP contribution is 2.18. The Morgan fingerprint density at radius 2 is 2.04 bits per heavy atom. The van der Waals surface area contributed by atoms with Crippen molar-refractivity contribution in [3.05, 3.63) is 60.1 Å². The van der Waals surface area contributed by atoms with Gasteiger partial charge in [0.25, 0.3) is 0 Å². The predicted octanol–water partition coefficient (Wildman–Crippen LogP) is 3.84. The molecule has 136 valence electrons. The van der Waals surface area contributed by atoms with E-state index in [9.17, 15) is 4.39 Å². The summed E-state index contributed by atoms with van der Waals surface area (Å²) in [5.74, 6) is 4.63. The van der Waals surface area contributed by atoms with Crippen molar-refractivity contribution in [2.24, 2.45) is 0 Å². The van der Waals surface area contributed by atoms with Crippen LogP contribution < -0.4 is 0 Å². The molecule has 0 aliphatic carbocycles. The Morgan fingerprint density at radius 3 is 2.68 bits per heavy atom. The number of halogens is 1. The molecule has 0 N–H and O–H groups in total. The average Bonchev–Trinajstić information content (AvgIpc) is 2.65. The van der Waals surface area contributed by atoms with Gasteiger partial charge in [0.2, 0.25) is 5.83 Å². The molecule has 0 radical (unpaired) electrons. The van der Waals surface area contributed by atoms with Crippen LogP contribution in [0, 0.1) is 11.8 Å². The molecule has 1 aromatic rings. The van der Waals surface area contributed by atoms with E-state index in [0.29, 0.717) is 25.2 Å². The molecule has 5 heteroatoms. The lowest BCUT2D eigenvalue weighted by molar-refractivity contribution is -0.0639. The fourth-order valence-electron chi connectivity index (χ4n) is 1.88. The van der Waals surface area contributed by atoms with Crippen LogP contribution in [0.1, 0.15) is 18.9 Å². The van der Waals surface area contributed by atoms with Crippen LogP contribution in [0.3, 0.4) is 0 Å². The maximum Gasteiger partial charge on any atom is 0.213 e. The largest absolute Gasteiger partial charge is 0.465 e. The fraction of sp³-hybridized carbons (Fsp3) is 0.400. The van der Waals surface area contributed by atoms with Crippen molar-refractivity contribution in [1.82, 2.24) is 0 Å². The highest BCUT2D eigenvalue weighted by molar-refractivity contribution is 5.39. The standard InChI is InChI=1S/C20H25FO4/c1-4-13-24-19(5-2)20(25-16-23-15-14-22-3)18(21)12-11-17-9-7-6-8-10-17/h4,6-10,19H,1,5,13-16H2,2-3H3/b20-18+. The SMILES string of the molecule is C=CCOC(CC)/C(OCOCCOC)=C(\F)C#Cc1ccccc1. The Hall–Kier alpha value is -2.13. The van der Waals surface area contributed by atoms with Gasteiger partial charge in [0, 0.05) is 12.7 Å². The van der Waals surface area contributed by atoms with Crippen molar-refractivity contribution in [2.75, 3.05) is 33.7 Å². The second-order valence-electron chi connectivity index (χ2n) is 4.98. The predicted molar refractivity (Wildman–Crippen MR) is 95.5 cm³/mol. The molecule has 0 aromatic heterocycles. The van der Waals surface area contributed by atoms with Gasteiger partial charge in [0.05, 0.1) is 19.8 Å². The van der Waals surface area contributed by atoms with E-state index in [1.165, 1.54) is 0 Å². The molecule has 1 aromatic carbocycles. The second-order valence-corrected chi connectivity index (χ2v) is 4.98. The van der Waals surface area contributed by atoms with E-state index in [1.54, 1.807) is 25.3 Å². The van der Waals surface area contributed by atoms with E-state index in [4.69, 9.17) is 18.9 Å². The maximum absolute atomic E-state index is 14.6. The Morgan fingerprint density at radius 1 is 1.28 bits per heavy atom. The van der Waals surface area contributed by atoms with Crippen LogP contribution >= 0.6 is 0 Å². The van der Waals surface area contributed by atoms with Crippen LogP contribution in [-0.4, -0.2) is 39.8 Å². The Labute approximate surface area is 149 Å². The molecule has 0 fully saturated rings. The number of allylic oxidation sites excluding steroid dienone is 1. The summed E-state index contributed by atoms with van der Waals surface area (Å²) >= 11 is 0. The molecule has 0 aliphatic heterocycles. The number of rotatable bonds is 11. The van der Waals surface area contributed by atoms with E-state index in [2.05, 4.69) is 18.4 Å². The average molecular weight is 348 g/mol. The third-order valence-electron chi connectivity index (χ3n) is 3.11. The van der Waals surface area contributed by atoms with Crippen molar-refractivity contribution >= 4 is 0 Å². The van der Waals surface area contributed by atoms with Crippen LogP contribution in [0.25, 0.3) is 0 Å². The van der Waals surface area contributed by atoms with Crippen LogP contribution in [0.2, 0.25) is 0 Å². The summed E-state index contributed by atoms with van der Waals surface area (Å²) in [6.07, 6.45) is 1.57. The molecule has 0 saturated heterocycles. The number of hydrogen-bond acceptors (Lipinski definition) is 4. The van der Waals surface area contributed by atoms with E-state index in [-0.39, 0.29) is 19.2 Å². The Bertz CT molecular complexity index is 587. The molecule has 1 atom stereocenters. The quantitative estimate of drug-likeness (QED) is 0.200. The molecule has 4 nitrogen and oxygen atoms in total. The fourth-order valence-corrected chi connectivity index (χ4v) is 1.88. The van der Waals surface area contributed by atoms with Gasteiger partial charge in [0.1, 0.15) is 6.10 Å². The van der Waals surface area contributed by atoms with Gasteiger partial charge in [-0.05, 0) is 24.5 Å². The van der Waals surface area contributed by atoms with E-state index < -0.39 is 11.9 Å². The van der Waals surface area contributed by atoms with Gasteiger partial charge < -0.3 is 18.9 Å². The zero-order chi connectivity index (χ0) is 18.3. The van der Waals surface area contributed by atoms with Gasteiger partial charge in [-0.3, -0.25) is 0 Å². The molecular formula is C20H25FO4. The smallest absolute Gasteiger partial charge is 0.213 e. The molecule has 1 unspecified atom stereocenters. The highest BCUT2D eigenvalue weighted by Gasteiger charge is 2.19. The minimum atomic E-state index is -0.671. The molecule has 0 saturated carbocycles. The zero-order valence-electron chi connectivity index (χ0n) is 14.8. The highest BCUT2D eigenvalue weighted by atomic mass is 19.1. The first-order valence-corrected chi connectivity index (χ1v) is 8.11. The minimum Gasteiger partial charge on any atom is -0.465 e. The van der Waals surface area contributed by atoms with Gasteiger partial charge in [0.15, 0.2) is 12.6 Å². The van der Waals surface area contributed by atoms with Crippen LogP contribution in [0.4, 0.5) is 4.39 Å². The number of methoxy groups -OCH3 is 1. The first kappa shape index (κ1) is 20.9. The van der Waals surface area contributed by atoms with Gasteiger partial charge in [-0.2, -0.15) is 4.39 Å². The molecule has 1 rings (SSSR count). The third-order valence-corrected chi connectivity index (χ3v) is 3.11. The van der Waals surface area contributed by atoms with Crippen molar-refractivity contribution in [3.63, 3.8) is 0 Å². The molecule has 0 bridgehead atoms. The third kappa shape index (κ3) is 8.50. The molecule has 25 heavy (non-hydrogen) atoms. The zero-order valence-corrected chi connectivity index (χ0v) is 14.8. The van der Waals surface area contributed by atoms with Crippen LogP contribution in [0.15, 0.2) is 54.6 Å². The van der Waals surface area contributed by atoms with Gasteiger partial charge in [-0.15, -0.1) is 6.58 Å². The van der Waals surface area contributed by atoms with Gasteiger partial charge in [-0.25, -0.2) is 0 Å². The summed E-state index contributed by atoms with van der Waals surface area (Å²) in [4.78, 5) is 0. The van der Waals surface area contributed by atoms with Gasteiger partial charge in [-0.1, -0.05) is 37.1 Å². The van der Waals surface area contributed by atoms with Crippen LogP contribution in [-0.2, 0) is 18.9 Å². The topological polar surface area (TPSA) is 36.9 Å². The molecule has 0 amide bonds. The van der Waals surface area contributed by atoms with Gasteiger partial charge >= 0.3 is 0 Å². The Kier molecular flexibility index (Phi) is 11.0. The summed E-state index contributed by atoms with van der Waals surface area (Å²) < 4.78 is 35.7.